The van der Waals surface area contributed by atoms with Crippen molar-refractivity contribution in [1.82, 2.24) is 5.32 Å². The van der Waals surface area contributed by atoms with Crippen molar-refractivity contribution in [2.45, 2.75) is 25.3 Å². The van der Waals surface area contributed by atoms with Gasteiger partial charge in [-0.3, -0.25) is 10.1 Å². The van der Waals surface area contributed by atoms with Gasteiger partial charge in [-0.05, 0) is 54.6 Å². The van der Waals surface area contributed by atoms with Crippen LogP contribution in [0.1, 0.15) is 30.0 Å². The molecule has 1 N–H and O–H groups in total. The van der Waals surface area contributed by atoms with Gasteiger partial charge < -0.3 is 5.32 Å². The molecule has 0 fully saturated rings. The monoisotopic (exact) mass is 282 g/mol. The minimum atomic E-state index is -0.349. The predicted molar refractivity (Wildman–Crippen MR) is 83.3 cm³/mol. The fraction of sp³-hybridized carbons (Fsp3) is 0.294. The second-order valence-corrected chi connectivity index (χ2v) is 5.45. The van der Waals surface area contributed by atoms with Crippen molar-refractivity contribution in [3.05, 3.63) is 63.7 Å². The largest absolute Gasteiger partial charge is 0.313 e. The zero-order valence-electron chi connectivity index (χ0n) is 12.0. The van der Waals surface area contributed by atoms with Crippen molar-refractivity contribution < 1.29 is 4.92 Å². The molecule has 1 aliphatic carbocycles. The lowest BCUT2D eigenvalue weighted by Crippen LogP contribution is -2.21. The summed E-state index contributed by atoms with van der Waals surface area (Å²) in [5.41, 5.74) is 4.78. The van der Waals surface area contributed by atoms with Crippen LogP contribution in [0.25, 0.3) is 11.1 Å². The zero-order valence-corrected chi connectivity index (χ0v) is 12.0. The first-order valence-electron chi connectivity index (χ1n) is 7.24. The molecule has 0 saturated heterocycles. The number of nitrogens with zero attached hydrogens (tertiary/aromatic N) is 1. The normalized spacial score (nSPS) is 17.3. The van der Waals surface area contributed by atoms with Crippen molar-refractivity contribution >= 4 is 5.69 Å². The summed E-state index contributed by atoms with van der Waals surface area (Å²) in [5, 5.41) is 14.3. The van der Waals surface area contributed by atoms with Gasteiger partial charge in [0.15, 0.2) is 0 Å². The Kier molecular flexibility index (Phi) is 3.71. The maximum atomic E-state index is 10.9. The minimum absolute atomic E-state index is 0.135. The van der Waals surface area contributed by atoms with Crippen molar-refractivity contribution in [3.8, 4) is 11.1 Å². The van der Waals surface area contributed by atoms with Gasteiger partial charge in [0.05, 0.1) is 4.92 Å². The van der Waals surface area contributed by atoms with Gasteiger partial charge in [0.25, 0.3) is 5.69 Å². The van der Waals surface area contributed by atoms with Crippen LogP contribution in [0.5, 0.6) is 0 Å². The van der Waals surface area contributed by atoms with Gasteiger partial charge in [-0.1, -0.05) is 24.3 Å². The van der Waals surface area contributed by atoms with Crippen LogP contribution in [-0.4, -0.2) is 12.0 Å². The summed E-state index contributed by atoms with van der Waals surface area (Å²) in [7, 11) is 1.99. The molecule has 0 saturated carbocycles. The molecule has 0 aromatic heterocycles. The molecule has 0 radical (unpaired) electrons. The molecule has 1 unspecified atom stereocenters. The fourth-order valence-electron chi connectivity index (χ4n) is 3.08. The van der Waals surface area contributed by atoms with E-state index >= 15 is 0 Å². The molecule has 3 rings (SSSR count). The maximum absolute atomic E-state index is 10.9. The molecular formula is C17H18N2O2. The molecular weight excluding hydrogens is 264 g/mol. The van der Waals surface area contributed by atoms with Gasteiger partial charge in [-0.15, -0.1) is 0 Å². The Morgan fingerprint density at radius 3 is 2.76 bits per heavy atom. The Morgan fingerprint density at radius 2 is 2.00 bits per heavy atom. The number of non-ortho nitro benzene ring substituents is 1. The highest BCUT2D eigenvalue weighted by Gasteiger charge is 2.19. The number of nitrogens with one attached hydrogen (secondary N) is 1. The van der Waals surface area contributed by atoms with Gasteiger partial charge >= 0.3 is 0 Å². The Balaban J connectivity index is 2.04. The lowest BCUT2D eigenvalue weighted by Gasteiger charge is -2.25. The highest BCUT2D eigenvalue weighted by atomic mass is 16.6. The van der Waals surface area contributed by atoms with Crippen LogP contribution in [0.3, 0.4) is 0 Å². The van der Waals surface area contributed by atoms with Gasteiger partial charge in [0, 0.05) is 18.2 Å². The van der Waals surface area contributed by atoms with Gasteiger partial charge in [0.2, 0.25) is 0 Å². The van der Waals surface area contributed by atoms with Gasteiger partial charge in [0.1, 0.15) is 0 Å². The zero-order chi connectivity index (χ0) is 14.8. The number of hydrogen-bond donors (Lipinski definition) is 1. The lowest BCUT2D eigenvalue weighted by atomic mass is 9.85. The number of fused-ring (bicyclic) bond motifs is 1. The first kappa shape index (κ1) is 13.8. The molecule has 108 valence electrons. The standard InChI is InChI=1S/C17H18N2O2/c1-18-17-7-3-4-12-8-9-14(11-16(12)17)13-5-2-6-15(10-13)19(20)21/h2,5-6,8-11,17-18H,3-4,7H2,1H3. The van der Waals surface area contributed by atoms with E-state index < -0.39 is 0 Å². The Bertz CT molecular complexity index is 682. The van der Waals surface area contributed by atoms with E-state index in [9.17, 15) is 10.1 Å². The molecule has 1 atom stereocenters. The van der Waals surface area contributed by atoms with E-state index in [0.29, 0.717) is 6.04 Å². The topological polar surface area (TPSA) is 55.2 Å². The molecule has 1 aliphatic rings. The van der Waals surface area contributed by atoms with E-state index in [1.807, 2.05) is 13.1 Å². The molecule has 4 heteroatoms. The van der Waals surface area contributed by atoms with Crippen molar-refractivity contribution in [2.24, 2.45) is 0 Å². The van der Waals surface area contributed by atoms with Crippen molar-refractivity contribution in [1.29, 1.82) is 0 Å². The van der Waals surface area contributed by atoms with Gasteiger partial charge in [-0.25, -0.2) is 0 Å². The third-order valence-corrected chi connectivity index (χ3v) is 4.20. The summed E-state index contributed by atoms with van der Waals surface area (Å²) in [6.07, 6.45) is 3.46. The molecule has 0 heterocycles. The molecule has 0 spiro atoms. The molecule has 4 nitrogen and oxygen atoms in total. The Morgan fingerprint density at radius 1 is 1.19 bits per heavy atom. The van der Waals surface area contributed by atoms with Gasteiger partial charge in [-0.2, -0.15) is 0 Å². The maximum Gasteiger partial charge on any atom is 0.270 e. The minimum Gasteiger partial charge on any atom is -0.313 e. The molecule has 21 heavy (non-hydrogen) atoms. The summed E-state index contributed by atoms with van der Waals surface area (Å²) in [4.78, 5) is 10.6. The predicted octanol–water partition coefficient (Wildman–Crippen LogP) is 3.86. The van der Waals surface area contributed by atoms with Crippen LogP contribution >= 0.6 is 0 Å². The van der Waals surface area contributed by atoms with Crippen LogP contribution in [0.4, 0.5) is 5.69 Å². The van der Waals surface area contributed by atoms with Crippen LogP contribution in [-0.2, 0) is 6.42 Å². The van der Waals surface area contributed by atoms with Crippen LogP contribution in [0.2, 0.25) is 0 Å². The number of nitro benzene ring substituents is 1. The third-order valence-electron chi connectivity index (χ3n) is 4.20. The van der Waals surface area contributed by atoms with E-state index in [1.165, 1.54) is 23.6 Å². The molecule has 2 aromatic carbocycles. The average molecular weight is 282 g/mol. The summed E-state index contributed by atoms with van der Waals surface area (Å²) in [5.74, 6) is 0. The van der Waals surface area contributed by atoms with Crippen LogP contribution in [0.15, 0.2) is 42.5 Å². The summed E-state index contributed by atoms with van der Waals surface area (Å²) < 4.78 is 0. The number of rotatable bonds is 3. The van der Waals surface area contributed by atoms with E-state index in [-0.39, 0.29) is 10.6 Å². The third kappa shape index (κ3) is 2.67. The average Bonchev–Trinajstić information content (AvgIpc) is 2.53. The van der Waals surface area contributed by atoms with Crippen molar-refractivity contribution in [3.63, 3.8) is 0 Å². The summed E-state index contributed by atoms with van der Waals surface area (Å²) >= 11 is 0. The highest BCUT2D eigenvalue weighted by molar-refractivity contribution is 5.67. The van der Waals surface area contributed by atoms with E-state index in [2.05, 4.69) is 23.5 Å². The smallest absolute Gasteiger partial charge is 0.270 e. The molecule has 2 aromatic rings. The number of nitro groups is 1. The Labute approximate surface area is 124 Å². The second kappa shape index (κ2) is 5.66. The fourth-order valence-corrected chi connectivity index (χ4v) is 3.08. The van der Waals surface area contributed by atoms with E-state index in [0.717, 1.165) is 24.0 Å². The first-order chi connectivity index (χ1) is 10.2. The lowest BCUT2D eigenvalue weighted by molar-refractivity contribution is -0.384. The van der Waals surface area contributed by atoms with Crippen LogP contribution < -0.4 is 5.32 Å². The highest BCUT2D eigenvalue weighted by Crippen LogP contribution is 2.33. The molecule has 0 aliphatic heterocycles. The molecule has 0 bridgehead atoms. The number of hydrogen-bond acceptors (Lipinski definition) is 3. The first-order valence-corrected chi connectivity index (χ1v) is 7.24. The Hall–Kier alpha value is -2.20. The van der Waals surface area contributed by atoms with Crippen molar-refractivity contribution in [2.75, 3.05) is 7.05 Å². The SMILES string of the molecule is CNC1CCCc2ccc(-c3cccc([N+](=O)[O-])c3)cc21. The van der Waals surface area contributed by atoms with Crippen LogP contribution in [0, 0.1) is 10.1 Å². The second-order valence-electron chi connectivity index (χ2n) is 5.45. The quantitative estimate of drug-likeness (QED) is 0.687. The molecule has 0 amide bonds. The van der Waals surface area contributed by atoms with E-state index in [4.69, 9.17) is 0 Å². The van der Waals surface area contributed by atoms with E-state index in [1.54, 1.807) is 12.1 Å². The number of aryl methyl sites for hydroxylation is 1. The summed E-state index contributed by atoms with van der Waals surface area (Å²) in [6, 6.07) is 13.6. The summed E-state index contributed by atoms with van der Waals surface area (Å²) in [6.45, 7) is 0. The number of benzene rings is 2.